The van der Waals surface area contributed by atoms with E-state index < -0.39 is 14.2 Å². The second kappa shape index (κ2) is 11.1. The maximum Gasteiger partial charge on any atom is 0.508 e. The summed E-state index contributed by atoms with van der Waals surface area (Å²) in [7, 11) is -1.10. The van der Waals surface area contributed by atoms with Gasteiger partial charge in [0.05, 0.1) is 21.3 Å². The molecule has 0 N–H and O–H groups in total. The molecule has 0 spiro atoms. The van der Waals surface area contributed by atoms with E-state index in [0.717, 1.165) is 19.3 Å². The first-order chi connectivity index (χ1) is 9.14. The van der Waals surface area contributed by atoms with Crippen molar-refractivity contribution in [2.75, 3.05) is 13.2 Å². The number of hydrogen-bond acceptors (Lipinski definition) is 3. The number of carbonyl (C=O) groups is 1. The SMILES string of the molecule is CCOC(=O)OCCCC/C=C/[Si](CC)(CC)CC. The lowest BCUT2D eigenvalue weighted by molar-refractivity contribution is 0.0580. The zero-order valence-electron chi connectivity index (χ0n) is 13.0. The number of ether oxygens (including phenoxy) is 2. The van der Waals surface area contributed by atoms with Crippen LogP contribution in [0.15, 0.2) is 11.8 Å². The Kier molecular flexibility index (Phi) is 10.6. The average Bonchev–Trinajstić information content (AvgIpc) is 2.43. The Hall–Kier alpha value is -0.773. The molecule has 0 aliphatic rings. The molecule has 19 heavy (non-hydrogen) atoms. The van der Waals surface area contributed by atoms with Crippen LogP contribution in [-0.2, 0) is 9.47 Å². The van der Waals surface area contributed by atoms with Crippen molar-refractivity contribution >= 4 is 14.2 Å². The summed E-state index contributed by atoms with van der Waals surface area (Å²) < 4.78 is 9.61. The van der Waals surface area contributed by atoms with Gasteiger partial charge in [-0.2, -0.15) is 0 Å². The minimum Gasteiger partial charge on any atom is -0.435 e. The fraction of sp³-hybridized carbons (Fsp3) is 0.800. The van der Waals surface area contributed by atoms with E-state index in [-0.39, 0.29) is 0 Å². The molecule has 0 rings (SSSR count). The molecule has 0 saturated carbocycles. The largest absolute Gasteiger partial charge is 0.508 e. The van der Waals surface area contributed by atoms with Gasteiger partial charge < -0.3 is 9.47 Å². The summed E-state index contributed by atoms with van der Waals surface area (Å²) in [5, 5.41) is 0. The van der Waals surface area contributed by atoms with Crippen LogP contribution in [-0.4, -0.2) is 27.4 Å². The van der Waals surface area contributed by atoms with Crippen molar-refractivity contribution in [2.45, 2.75) is 65.1 Å². The Morgan fingerprint density at radius 2 is 1.63 bits per heavy atom. The predicted molar refractivity (Wildman–Crippen MR) is 83.2 cm³/mol. The lowest BCUT2D eigenvalue weighted by atomic mass is 10.2. The van der Waals surface area contributed by atoms with Crippen molar-refractivity contribution in [2.24, 2.45) is 0 Å². The van der Waals surface area contributed by atoms with Gasteiger partial charge in [-0.15, -0.1) is 0 Å². The molecular weight excluding hydrogens is 256 g/mol. The van der Waals surface area contributed by atoms with Gasteiger partial charge in [0, 0.05) is 0 Å². The summed E-state index contributed by atoms with van der Waals surface area (Å²) in [5.74, 6) is 0. The molecule has 0 radical (unpaired) electrons. The highest BCUT2D eigenvalue weighted by atomic mass is 28.3. The number of carbonyl (C=O) groups excluding carboxylic acids is 1. The van der Waals surface area contributed by atoms with Crippen LogP contribution in [0.25, 0.3) is 0 Å². The van der Waals surface area contributed by atoms with Gasteiger partial charge in [-0.05, 0) is 26.2 Å². The molecular formula is C15H30O3Si. The van der Waals surface area contributed by atoms with Crippen molar-refractivity contribution in [3.63, 3.8) is 0 Å². The van der Waals surface area contributed by atoms with Gasteiger partial charge in [0.2, 0.25) is 0 Å². The molecule has 112 valence electrons. The predicted octanol–water partition coefficient (Wildman–Crippen LogP) is 4.93. The first kappa shape index (κ1) is 18.2. The summed E-state index contributed by atoms with van der Waals surface area (Å²) in [4.78, 5) is 10.9. The monoisotopic (exact) mass is 286 g/mol. The summed E-state index contributed by atoms with van der Waals surface area (Å²) in [6.45, 7) is 9.56. The molecule has 0 saturated heterocycles. The van der Waals surface area contributed by atoms with Gasteiger partial charge in [0.1, 0.15) is 0 Å². The van der Waals surface area contributed by atoms with E-state index >= 15 is 0 Å². The van der Waals surface area contributed by atoms with Crippen molar-refractivity contribution in [1.29, 1.82) is 0 Å². The molecule has 3 nitrogen and oxygen atoms in total. The number of allylic oxidation sites excluding steroid dienone is 1. The standard InChI is InChI=1S/C15H30O3Si/c1-5-17-15(16)18-13-11-9-10-12-14-19(6-2,7-3)8-4/h12,14H,5-11,13H2,1-4H3/b14-12+. The summed E-state index contributed by atoms with van der Waals surface area (Å²) >= 11 is 0. The molecule has 0 aromatic carbocycles. The summed E-state index contributed by atoms with van der Waals surface area (Å²) in [5.41, 5.74) is 2.51. The third-order valence-corrected chi connectivity index (χ3v) is 9.00. The maximum absolute atomic E-state index is 10.9. The summed E-state index contributed by atoms with van der Waals surface area (Å²) in [6.07, 6.45) is 4.85. The Morgan fingerprint density at radius 1 is 1.00 bits per heavy atom. The zero-order chi connectivity index (χ0) is 14.6. The molecule has 0 bridgehead atoms. The van der Waals surface area contributed by atoms with Crippen LogP contribution in [0.5, 0.6) is 0 Å². The smallest absolute Gasteiger partial charge is 0.435 e. The summed E-state index contributed by atoms with van der Waals surface area (Å²) in [6, 6.07) is 4.01. The minimum atomic E-state index is -1.10. The van der Waals surface area contributed by atoms with Gasteiger partial charge in [-0.1, -0.05) is 50.7 Å². The van der Waals surface area contributed by atoms with Gasteiger partial charge in [0.15, 0.2) is 0 Å². The molecule has 0 aliphatic heterocycles. The molecule has 0 unspecified atom stereocenters. The number of hydrogen-bond donors (Lipinski definition) is 0. The first-order valence-electron chi connectivity index (χ1n) is 7.61. The Labute approximate surface area is 119 Å². The van der Waals surface area contributed by atoms with Crippen molar-refractivity contribution < 1.29 is 14.3 Å². The van der Waals surface area contributed by atoms with E-state index in [1.54, 1.807) is 6.92 Å². The fourth-order valence-corrected chi connectivity index (χ4v) is 4.99. The van der Waals surface area contributed by atoms with Crippen molar-refractivity contribution in [3.05, 3.63) is 11.8 Å². The second-order valence-electron chi connectivity index (χ2n) is 4.85. The van der Waals surface area contributed by atoms with Gasteiger partial charge in [0.25, 0.3) is 0 Å². The van der Waals surface area contributed by atoms with E-state index in [9.17, 15) is 4.79 Å². The quantitative estimate of drug-likeness (QED) is 0.324. The normalized spacial score (nSPS) is 11.8. The molecule has 0 amide bonds. The Morgan fingerprint density at radius 3 is 2.16 bits per heavy atom. The van der Waals surface area contributed by atoms with E-state index in [1.165, 1.54) is 18.1 Å². The van der Waals surface area contributed by atoms with Crippen LogP contribution in [0.3, 0.4) is 0 Å². The molecule has 0 aromatic rings. The zero-order valence-corrected chi connectivity index (χ0v) is 14.0. The lowest BCUT2D eigenvalue weighted by Gasteiger charge is -2.23. The fourth-order valence-electron chi connectivity index (χ4n) is 2.12. The topological polar surface area (TPSA) is 35.5 Å². The third-order valence-electron chi connectivity index (χ3n) is 3.83. The average molecular weight is 286 g/mol. The van der Waals surface area contributed by atoms with Gasteiger partial charge >= 0.3 is 6.16 Å². The van der Waals surface area contributed by atoms with Gasteiger partial charge in [-0.25, -0.2) is 4.79 Å². The maximum atomic E-state index is 10.9. The molecule has 0 aliphatic carbocycles. The van der Waals surface area contributed by atoms with Crippen LogP contribution >= 0.6 is 0 Å². The molecule has 4 heteroatoms. The molecule has 0 atom stereocenters. The Balaban J connectivity index is 3.71. The van der Waals surface area contributed by atoms with E-state index in [4.69, 9.17) is 4.74 Å². The third kappa shape index (κ3) is 8.08. The Bertz CT molecular complexity index is 252. The van der Waals surface area contributed by atoms with Crippen molar-refractivity contribution in [1.82, 2.24) is 0 Å². The molecule has 0 heterocycles. The van der Waals surface area contributed by atoms with E-state index in [0.29, 0.717) is 13.2 Å². The number of rotatable bonds is 10. The van der Waals surface area contributed by atoms with Crippen molar-refractivity contribution in [3.8, 4) is 0 Å². The van der Waals surface area contributed by atoms with Crippen LogP contribution in [0.1, 0.15) is 47.0 Å². The minimum absolute atomic E-state index is 0.374. The van der Waals surface area contributed by atoms with Crippen LogP contribution in [0.2, 0.25) is 18.1 Å². The van der Waals surface area contributed by atoms with Crippen LogP contribution in [0, 0.1) is 0 Å². The number of unbranched alkanes of at least 4 members (excludes halogenated alkanes) is 2. The van der Waals surface area contributed by atoms with E-state index in [1.807, 2.05) is 0 Å². The molecule has 0 fully saturated rings. The highest BCUT2D eigenvalue weighted by Crippen LogP contribution is 2.21. The van der Waals surface area contributed by atoms with Gasteiger partial charge in [-0.3, -0.25) is 0 Å². The molecule has 0 aromatic heterocycles. The van der Waals surface area contributed by atoms with Crippen LogP contribution < -0.4 is 0 Å². The highest BCUT2D eigenvalue weighted by molar-refractivity contribution is 6.84. The second-order valence-corrected chi connectivity index (χ2v) is 10.0. The first-order valence-corrected chi connectivity index (χ1v) is 10.3. The van der Waals surface area contributed by atoms with Crippen LogP contribution in [0.4, 0.5) is 4.79 Å². The highest BCUT2D eigenvalue weighted by Gasteiger charge is 2.22. The lowest BCUT2D eigenvalue weighted by Crippen LogP contribution is -2.28. The van der Waals surface area contributed by atoms with E-state index in [2.05, 4.69) is 37.3 Å².